The minimum Gasteiger partial charge on any atom is -0.464 e. The molecule has 0 spiro atoms. The Bertz CT molecular complexity index is 602. The van der Waals surface area contributed by atoms with Crippen LogP contribution in [0.4, 0.5) is 0 Å². The molecule has 6 nitrogen and oxygen atoms in total. The van der Waals surface area contributed by atoms with Crippen LogP contribution in [0.5, 0.6) is 0 Å². The molecule has 1 atom stereocenters. The summed E-state index contributed by atoms with van der Waals surface area (Å²) < 4.78 is 6.31. The van der Waals surface area contributed by atoms with Crippen molar-refractivity contribution in [2.75, 3.05) is 13.7 Å². The topological polar surface area (TPSA) is 68.5 Å². The molecule has 1 aliphatic rings. The van der Waals surface area contributed by atoms with Crippen LogP contribution in [-0.2, 0) is 4.74 Å². The van der Waals surface area contributed by atoms with Crippen molar-refractivity contribution >= 4 is 11.6 Å². The average Bonchev–Trinajstić information content (AvgIpc) is 2.91. The molecule has 0 radical (unpaired) electrons. The summed E-state index contributed by atoms with van der Waals surface area (Å²) in [6.45, 7) is 0.990. The van der Waals surface area contributed by atoms with Crippen LogP contribution in [0, 0.1) is 0 Å². The number of piperidine rings is 1. The van der Waals surface area contributed by atoms with Gasteiger partial charge >= 0.3 is 5.97 Å². The van der Waals surface area contributed by atoms with Gasteiger partial charge in [0.25, 0.3) is 0 Å². The van der Waals surface area contributed by atoms with Gasteiger partial charge in [-0.25, -0.2) is 14.3 Å². The highest BCUT2D eigenvalue weighted by molar-refractivity contribution is 5.88. The van der Waals surface area contributed by atoms with Crippen LogP contribution in [0.15, 0.2) is 18.2 Å². The number of esters is 1. The average molecular weight is 260 g/mol. The molecule has 2 aromatic heterocycles. The predicted molar refractivity (Wildman–Crippen MR) is 68.9 cm³/mol. The minimum atomic E-state index is -0.404. The number of carbonyl (C=O) groups excluding carboxylic acids is 1. The highest BCUT2D eigenvalue weighted by atomic mass is 16.5. The molecule has 0 amide bonds. The lowest BCUT2D eigenvalue weighted by atomic mass is 10.0. The highest BCUT2D eigenvalue weighted by Crippen LogP contribution is 2.21. The normalized spacial score (nSPS) is 19.5. The van der Waals surface area contributed by atoms with E-state index in [0.717, 1.165) is 18.8 Å². The summed E-state index contributed by atoms with van der Waals surface area (Å²) in [5.41, 5.74) is 1.07. The quantitative estimate of drug-likeness (QED) is 0.825. The van der Waals surface area contributed by atoms with Crippen molar-refractivity contribution in [2.45, 2.75) is 25.3 Å². The highest BCUT2D eigenvalue weighted by Gasteiger charge is 2.21. The smallest absolute Gasteiger partial charge is 0.356 e. The molecule has 1 aliphatic heterocycles. The molecule has 0 bridgehead atoms. The second kappa shape index (κ2) is 4.97. The van der Waals surface area contributed by atoms with E-state index in [1.807, 2.05) is 6.07 Å². The van der Waals surface area contributed by atoms with Gasteiger partial charge in [0, 0.05) is 0 Å². The summed E-state index contributed by atoms with van der Waals surface area (Å²) >= 11 is 0. The van der Waals surface area contributed by atoms with Crippen molar-refractivity contribution < 1.29 is 9.53 Å². The van der Waals surface area contributed by atoms with Crippen LogP contribution in [0.2, 0.25) is 0 Å². The zero-order valence-corrected chi connectivity index (χ0v) is 10.8. The van der Waals surface area contributed by atoms with Gasteiger partial charge < -0.3 is 10.1 Å². The Kier molecular flexibility index (Phi) is 3.16. The van der Waals surface area contributed by atoms with E-state index < -0.39 is 5.97 Å². The molecule has 19 heavy (non-hydrogen) atoms. The molecule has 0 aliphatic carbocycles. The summed E-state index contributed by atoms with van der Waals surface area (Å²) in [7, 11) is 1.36. The lowest BCUT2D eigenvalue weighted by Gasteiger charge is -2.20. The van der Waals surface area contributed by atoms with Crippen molar-refractivity contribution in [1.82, 2.24) is 19.9 Å². The van der Waals surface area contributed by atoms with Crippen LogP contribution >= 0.6 is 0 Å². The maximum atomic E-state index is 11.7. The summed E-state index contributed by atoms with van der Waals surface area (Å²) in [6.07, 6.45) is 3.40. The SMILES string of the molecule is COC(=O)c1cccc2nc(C3CCCCN3)nn12. The maximum absolute atomic E-state index is 11.7. The van der Waals surface area contributed by atoms with Gasteiger partial charge in [-0.3, -0.25) is 0 Å². The maximum Gasteiger partial charge on any atom is 0.356 e. The van der Waals surface area contributed by atoms with Crippen LogP contribution in [-0.4, -0.2) is 34.2 Å². The number of aromatic nitrogens is 3. The van der Waals surface area contributed by atoms with Crippen LogP contribution in [0.25, 0.3) is 5.65 Å². The van der Waals surface area contributed by atoms with E-state index in [9.17, 15) is 4.79 Å². The van der Waals surface area contributed by atoms with Crippen LogP contribution in [0.1, 0.15) is 41.6 Å². The summed E-state index contributed by atoms with van der Waals surface area (Å²) in [6, 6.07) is 5.49. The summed E-state index contributed by atoms with van der Waals surface area (Å²) in [4.78, 5) is 16.2. The molecule has 0 saturated carbocycles. The van der Waals surface area contributed by atoms with E-state index in [0.29, 0.717) is 11.3 Å². The predicted octanol–water partition coefficient (Wildman–Crippen LogP) is 1.33. The Morgan fingerprint density at radius 3 is 3.11 bits per heavy atom. The van der Waals surface area contributed by atoms with Gasteiger partial charge in [-0.05, 0) is 31.5 Å². The standard InChI is InChI=1S/C13H16N4O2/c1-19-13(18)10-6-4-7-11-15-12(16-17(10)11)9-5-2-3-8-14-9/h4,6-7,9,14H,2-3,5,8H2,1H3. The minimum absolute atomic E-state index is 0.180. The molecular formula is C13H16N4O2. The monoisotopic (exact) mass is 260 g/mol. The number of carbonyl (C=O) groups is 1. The van der Waals surface area contributed by atoms with Crippen molar-refractivity contribution in [3.05, 3.63) is 29.7 Å². The van der Waals surface area contributed by atoms with E-state index in [4.69, 9.17) is 4.74 Å². The second-order valence-corrected chi connectivity index (χ2v) is 4.65. The molecule has 6 heteroatoms. The fraction of sp³-hybridized carbons (Fsp3) is 0.462. The van der Waals surface area contributed by atoms with E-state index in [1.165, 1.54) is 20.0 Å². The molecule has 3 heterocycles. The first-order valence-corrected chi connectivity index (χ1v) is 6.47. The molecule has 0 aromatic carbocycles. The Morgan fingerprint density at radius 1 is 1.47 bits per heavy atom. The molecule has 2 aromatic rings. The molecule has 3 rings (SSSR count). The molecule has 100 valence electrons. The van der Waals surface area contributed by atoms with Crippen LogP contribution < -0.4 is 5.32 Å². The van der Waals surface area contributed by atoms with E-state index in [1.54, 1.807) is 16.6 Å². The molecular weight excluding hydrogens is 244 g/mol. The molecule has 1 unspecified atom stereocenters. The first-order chi connectivity index (χ1) is 9.29. The molecule has 1 saturated heterocycles. The van der Waals surface area contributed by atoms with Gasteiger partial charge in [-0.1, -0.05) is 12.5 Å². The zero-order chi connectivity index (χ0) is 13.2. The van der Waals surface area contributed by atoms with Crippen LogP contribution in [0.3, 0.4) is 0 Å². The van der Waals surface area contributed by atoms with E-state index in [-0.39, 0.29) is 6.04 Å². The van der Waals surface area contributed by atoms with E-state index >= 15 is 0 Å². The van der Waals surface area contributed by atoms with Gasteiger partial charge in [0.05, 0.1) is 13.2 Å². The van der Waals surface area contributed by atoms with Gasteiger partial charge in [0.1, 0.15) is 0 Å². The van der Waals surface area contributed by atoms with Gasteiger partial charge in [-0.15, -0.1) is 5.10 Å². The number of pyridine rings is 1. The Hall–Kier alpha value is -1.95. The molecule has 1 fully saturated rings. The fourth-order valence-corrected chi connectivity index (χ4v) is 2.40. The first kappa shape index (κ1) is 12.1. The Balaban J connectivity index is 2.02. The largest absolute Gasteiger partial charge is 0.464 e. The third-order valence-electron chi connectivity index (χ3n) is 3.39. The number of nitrogens with zero attached hydrogens (tertiary/aromatic N) is 3. The van der Waals surface area contributed by atoms with Crippen molar-refractivity contribution in [3.63, 3.8) is 0 Å². The van der Waals surface area contributed by atoms with Crippen molar-refractivity contribution in [1.29, 1.82) is 0 Å². The van der Waals surface area contributed by atoms with Crippen molar-refractivity contribution in [2.24, 2.45) is 0 Å². The lowest BCUT2D eigenvalue weighted by Crippen LogP contribution is -2.27. The van der Waals surface area contributed by atoms with E-state index in [2.05, 4.69) is 15.4 Å². The number of methoxy groups -OCH3 is 1. The Labute approximate surface area is 110 Å². The number of rotatable bonds is 2. The first-order valence-electron chi connectivity index (χ1n) is 6.47. The van der Waals surface area contributed by atoms with Gasteiger partial charge in [0.15, 0.2) is 17.2 Å². The Morgan fingerprint density at radius 2 is 2.37 bits per heavy atom. The lowest BCUT2D eigenvalue weighted by molar-refractivity contribution is 0.0590. The number of hydrogen-bond acceptors (Lipinski definition) is 5. The van der Waals surface area contributed by atoms with Gasteiger partial charge in [0.2, 0.25) is 0 Å². The van der Waals surface area contributed by atoms with Crippen molar-refractivity contribution in [3.8, 4) is 0 Å². The zero-order valence-electron chi connectivity index (χ0n) is 10.8. The number of ether oxygens (including phenoxy) is 1. The third kappa shape index (κ3) is 2.19. The van der Waals surface area contributed by atoms with Gasteiger partial charge in [-0.2, -0.15) is 0 Å². The number of fused-ring (bicyclic) bond motifs is 1. The second-order valence-electron chi connectivity index (χ2n) is 4.65. The third-order valence-corrected chi connectivity index (χ3v) is 3.39. The number of nitrogens with one attached hydrogen (secondary N) is 1. The summed E-state index contributed by atoms with van der Waals surface area (Å²) in [5.74, 6) is 0.342. The molecule has 1 N–H and O–H groups in total. The fourth-order valence-electron chi connectivity index (χ4n) is 2.40. The summed E-state index contributed by atoms with van der Waals surface area (Å²) in [5, 5.41) is 7.85. The number of hydrogen-bond donors (Lipinski definition) is 1.